The van der Waals surface area contributed by atoms with Crippen molar-refractivity contribution in [3.63, 3.8) is 0 Å². The average Bonchev–Trinajstić information content (AvgIpc) is 3.19. The van der Waals surface area contributed by atoms with Gasteiger partial charge in [0.25, 0.3) is 7.82 Å². The van der Waals surface area contributed by atoms with E-state index in [1.165, 1.54) is 193 Å². The highest BCUT2D eigenvalue weighted by Gasteiger charge is 2.23. The minimum absolute atomic E-state index is 0.00184. The lowest BCUT2D eigenvalue weighted by Crippen LogP contribution is -2.45. The SMILES string of the molecule is CCCCCCCCC/C=C/[C@@H](O)[C@H](COP(=O)([O-])OCC[N+](C)(C)C)NC(=O)CCCCCCCCCCCCCCCCCCCCCCCCCCCCCC. The Hall–Kier alpha value is -0.760. The number of quaternary nitrogens is 1. The molecule has 2 N–H and O–H groups in total. The predicted octanol–water partition coefficient (Wildman–Crippen LogP) is 14.1. The second-order valence-electron chi connectivity index (χ2n) is 18.9. The first kappa shape index (κ1) is 58.2. The molecule has 3 atom stereocenters. The van der Waals surface area contributed by atoms with Crippen LogP contribution in [-0.2, 0) is 18.4 Å². The van der Waals surface area contributed by atoms with Crippen molar-refractivity contribution in [2.75, 3.05) is 40.9 Å². The molecule has 0 aliphatic heterocycles. The van der Waals surface area contributed by atoms with Gasteiger partial charge in [0.15, 0.2) is 0 Å². The van der Waals surface area contributed by atoms with Crippen LogP contribution in [0.5, 0.6) is 0 Å². The zero-order valence-corrected chi connectivity index (χ0v) is 40.9. The molecule has 8 nitrogen and oxygen atoms in total. The van der Waals surface area contributed by atoms with E-state index in [-0.39, 0.29) is 19.1 Å². The van der Waals surface area contributed by atoms with Crippen LogP contribution in [0.25, 0.3) is 0 Å². The quantitative estimate of drug-likeness (QED) is 0.0273. The van der Waals surface area contributed by atoms with Gasteiger partial charge in [-0.15, -0.1) is 0 Å². The maximum atomic E-state index is 12.9. The summed E-state index contributed by atoms with van der Waals surface area (Å²) in [7, 11) is 1.27. The smallest absolute Gasteiger partial charge is 0.268 e. The van der Waals surface area contributed by atoms with E-state index in [1.807, 2.05) is 27.2 Å². The van der Waals surface area contributed by atoms with Crippen molar-refractivity contribution in [1.82, 2.24) is 5.32 Å². The number of unbranched alkanes of at least 4 members (excludes halogenated alkanes) is 34. The maximum absolute atomic E-state index is 12.9. The molecule has 0 rings (SSSR count). The molecule has 0 aromatic heterocycles. The summed E-state index contributed by atoms with van der Waals surface area (Å²) < 4.78 is 23.2. The number of carbonyl (C=O) groups excluding carboxylic acids is 1. The van der Waals surface area contributed by atoms with E-state index >= 15 is 0 Å². The van der Waals surface area contributed by atoms with Crippen LogP contribution in [0.15, 0.2) is 12.2 Å². The summed E-state index contributed by atoms with van der Waals surface area (Å²) in [4.78, 5) is 25.3. The molecule has 0 saturated carbocycles. The third kappa shape index (κ3) is 45.1. The minimum Gasteiger partial charge on any atom is -0.756 e. The number of carbonyl (C=O) groups is 1. The summed E-state index contributed by atoms with van der Waals surface area (Å²) >= 11 is 0. The molecular formula is C50H101N2O6P. The van der Waals surface area contributed by atoms with Crippen molar-refractivity contribution >= 4 is 13.7 Å². The fraction of sp³-hybridized carbons (Fsp3) is 0.940. The number of hydrogen-bond donors (Lipinski definition) is 2. The van der Waals surface area contributed by atoms with Crippen LogP contribution in [0, 0.1) is 0 Å². The molecule has 0 radical (unpaired) electrons. The highest BCUT2D eigenvalue weighted by Crippen LogP contribution is 2.38. The molecule has 0 aliphatic rings. The predicted molar refractivity (Wildman–Crippen MR) is 252 cm³/mol. The van der Waals surface area contributed by atoms with Crippen molar-refractivity contribution in [2.45, 2.75) is 264 Å². The van der Waals surface area contributed by atoms with Crippen LogP contribution >= 0.6 is 7.82 Å². The van der Waals surface area contributed by atoms with Gasteiger partial charge in [-0.1, -0.05) is 238 Å². The third-order valence-electron chi connectivity index (χ3n) is 11.7. The normalized spacial score (nSPS) is 14.2. The number of phosphoric ester groups is 1. The summed E-state index contributed by atoms with van der Waals surface area (Å²) in [5, 5.41) is 13.7. The van der Waals surface area contributed by atoms with Crippen molar-refractivity contribution in [2.24, 2.45) is 0 Å². The number of likely N-dealkylation sites (N-methyl/N-ethyl adjacent to an activating group) is 1. The topological polar surface area (TPSA) is 108 Å². The van der Waals surface area contributed by atoms with E-state index in [2.05, 4.69) is 19.2 Å². The van der Waals surface area contributed by atoms with E-state index in [4.69, 9.17) is 9.05 Å². The van der Waals surface area contributed by atoms with Crippen molar-refractivity contribution in [3.05, 3.63) is 12.2 Å². The van der Waals surface area contributed by atoms with Crippen LogP contribution in [0.2, 0.25) is 0 Å². The van der Waals surface area contributed by atoms with Gasteiger partial charge >= 0.3 is 0 Å². The average molecular weight is 857 g/mol. The molecule has 0 aromatic rings. The number of allylic oxidation sites excluding steroid dienone is 1. The largest absolute Gasteiger partial charge is 0.756 e. The van der Waals surface area contributed by atoms with E-state index in [9.17, 15) is 19.4 Å². The maximum Gasteiger partial charge on any atom is 0.268 e. The first-order chi connectivity index (χ1) is 28.5. The Bertz CT molecular complexity index is 974. The molecule has 0 fully saturated rings. The zero-order valence-electron chi connectivity index (χ0n) is 40.0. The van der Waals surface area contributed by atoms with Crippen molar-refractivity contribution in [3.8, 4) is 0 Å². The molecular weight excluding hydrogens is 756 g/mol. The van der Waals surface area contributed by atoms with Crippen molar-refractivity contribution < 1.29 is 32.9 Å². The standard InChI is InChI=1S/C50H101N2O6P/c1-6-8-10-12-14-16-17-18-19-20-21-22-23-24-25-26-27-28-29-30-31-32-33-34-36-38-40-42-44-50(54)51-48(47-58-59(55,56)57-46-45-52(3,4)5)49(53)43-41-39-37-35-15-13-11-9-7-2/h41,43,48-49,53H,6-40,42,44-47H2,1-5H3,(H-,51,54,55,56)/b43-41+/t48-,49+/m0/s1. The van der Waals surface area contributed by atoms with Gasteiger partial charge < -0.3 is 28.8 Å². The highest BCUT2D eigenvalue weighted by molar-refractivity contribution is 7.45. The lowest BCUT2D eigenvalue weighted by Gasteiger charge is -2.29. The first-order valence-corrected chi connectivity index (χ1v) is 27.0. The molecule has 0 bridgehead atoms. The molecule has 0 spiro atoms. The molecule has 352 valence electrons. The van der Waals surface area contributed by atoms with Gasteiger partial charge in [0.05, 0.1) is 39.9 Å². The Labute approximate surface area is 367 Å². The third-order valence-corrected chi connectivity index (χ3v) is 12.7. The van der Waals surface area contributed by atoms with Gasteiger partial charge in [-0.2, -0.15) is 0 Å². The lowest BCUT2D eigenvalue weighted by atomic mass is 10.0. The molecule has 0 heterocycles. The van der Waals surface area contributed by atoms with Crippen LogP contribution < -0.4 is 10.2 Å². The highest BCUT2D eigenvalue weighted by atomic mass is 31.2. The first-order valence-electron chi connectivity index (χ1n) is 25.6. The van der Waals surface area contributed by atoms with Gasteiger partial charge in [0.2, 0.25) is 5.91 Å². The lowest BCUT2D eigenvalue weighted by molar-refractivity contribution is -0.870. The summed E-state index contributed by atoms with van der Waals surface area (Å²) in [5.74, 6) is -0.195. The van der Waals surface area contributed by atoms with E-state index in [0.29, 0.717) is 17.4 Å². The number of aliphatic hydroxyl groups excluding tert-OH is 1. The van der Waals surface area contributed by atoms with E-state index < -0.39 is 20.0 Å². The van der Waals surface area contributed by atoms with Gasteiger partial charge in [-0.3, -0.25) is 9.36 Å². The monoisotopic (exact) mass is 857 g/mol. The molecule has 9 heteroatoms. The van der Waals surface area contributed by atoms with Gasteiger partial charge in [0.1, 0.15) is 13.2 Å². The number of phosphoric acid groups is 1. The molecule has 1 unspecified atom stereocenters. The Kier molecular flexibility index (Phi) is 42.0. The van der Waals surface area contributed by atoms with Gasteiger partial charge in [0, 0.05) is 6.42 Å². The number of amides is 1. The number of nitrogens with zero attached hydrogens (tertiary/aromatic N) is 1. The van der Waals surface area contributed by atoms with Crippen molar-refractivity contribution in [1.29, 1.82) is 0 Å². The number of hydrogen-bond acceptors (Lipinski definition) is 6. The Morgan fingerprint density at radius 2 is 0.915 bits per heavy atom. The summed E-state index contributed by atoms with van der Waals surface area (Å²) in [5.41, 5.74) is 0. The van der Waals surface area contributed by atoms with Crippen LogP contribution in [0.4, 0.5) is 0 Å². The Morgan fingerprint density at radius 1 is 0.576 bits per heavy atom. The van der Waals surface area contributed by atoms with E-state index in [1.54, 1.807) is 6.08 Å². The number of rotatable bonds is 47. The van der Waals surface area contributed by atoms with Gasteiger partial charge in [-0.25, -0.2) is 0 Å². The van der Waals surface area contributed by atoms with Crippen LogP contribution in [0.1, 0.15) is 251 Å². The minimum atomic E-state index is -4.58. The Balaban J connectivity index is 3.99. The number of nitrogens with one attached hydrogen (secondary N) is 1. The van der Waals surface area contributed by atoms with E-state index in [0.717, 1.165) is 38.5 Å². The molecule has 0 aromatic carbocycles. The fourth-order valence-electron chi connectivity index (χ4n) is 7.68. The summed E-state index contributed by atoms with van der Waals surface area (Å²) in [6.07, 6.45) is 50.1. The van der Waals surface area contributed by atoms with Crippen LogP contribution in [-0.4, -0.2) is 68.5 Å². The summed E-state index contributed by atoms with van der Waals surface area (Å²) in [6, 6.07) is -0.879. The molecule has 0 saturated heterocycles. The Morgan fingerprint density at radius 3 is 1.27 bits per heavy atom. The second-order valence-corrected chi connectivity index (χ2v) is 20.3. The van der Waals surface area contributed by atoms with Gasteiger partial charge in [-0.05, 0) is 19.3 Å². The summed E-state index contributed by atoms with van der Waals surface area (Å²) in [6.45, 7) is 4.64. The second kappa shape index (κ2) is 42.5. The number of aliphatic hydroxyl groups is 1. The van der Waals surface area contributed by atoms with Crippen LogP contribution in [0.3, 0.4) is 0 Å². The molecule has 0 aliphatic carbocycles. The molecule has 59 heavy (non-hydrogen) atoms. The zero-order chi connectivity index (χ0) is 43.6. The fourth-order valence-corrected chi connectivity index (χ4v) is 8.41. The molecule has 1 amide bonds.